The summed E-state index contributed by atoms with van der Waals surface area (Å²) in [7, 11) is 1.70. The van der Waals surface area contributed by atoms with Crippen LogP contribution in [0, 0.1) is 0 Å². The lowest BCUT2D eigenvalue weighted by Crippen LogP contribution is -1.91. The number of hydrogen-bond donors (Lipinski definition) is 1. The van der Waals surface area contributed by atoms with Crippen LogP contribution in [0.3, 0.4) is 0 Å². The van der Waals surface area contributed by atoms with Crippen LogP contribution in [0.25, 0.3) is 11.4 Å². The first-order chi connectivity index (χ1) is 6.66. The number of nitrogens with zero attached hydrogens (tertiary/aromatic N) is 4. The number of aromatic nitrogens is 4. The maximum atomic E-state index is 10.5. The van der Waals surface area contributed by atoms with Crippen LogP contribution < -0.4 is 0 Å². The molecule has 2 aromatic rings. The molecular weight excluding hydrogens is 188 g/mol. The molecule has 2 aromatic heterocycles. The molecule has 0 fully saturated rings. The van der Waals surface area contributed by atoms with Gasteiger partial charge in [0.15, 0.2) is 0 Å². The van der Waals surface area contributed by atoms with E-state index in [9.17, 15) is 4.79 Å². The topological polar surface area (TPSA) is 94.0 Å². The Morgan fingerprint density at radius 1 is 1.57 bits per heavy atom. The molecule has 0 spiro atoms. The maximum Gasteiger partial charge on any atom is 0.374 e. The van der Waals surface area contributed by atoms with Gasteiger partial charge in [-0.15, -0.1) is 5.10 Å². The van der Waals surface area contributed by atoms with E-state index in [-0.39, 0.29) is 5.76 Å². The van der Waals surface area contributed by atoms with Crippen LogP contribution in [0.1, 0.15) is 10.6 Å². The van der Waals surface area contributed by atoms with Gasteiger partial charge in [-0.25, -0.2) is 4.79 Å². The standard InChI is InChI=1S/C7H6N4O3/c1-11-3-5(8-10-11)4-2-6(7(12)13)14-9-4/h2-3H,1H3,(H,12,13). The highest BCUT2D eigenvalue weighted by Gasteiger charge is 2.13. The van der Waals surface area contributed by atoms with E-state index in [1.165, 1.54) is 10.7 Å². The summed E-state index contributed by atoms with van der Waals surface area (Å²) in [5, 5.41) is 19.6. The third-order valence-electron chi connectivity index (χ3n) is 1.59. The molecule has 0 saturated heterocycles. The normalized spacial score (nSPS) is 10.4. The molecule has 2 rings (SSSR count). The highest BCUT2D eigenvalue weighted by molar-refractivity contribution is 5.85. The summed E-state index contributed by atoms with van der Waals surface area (Å²) in [5.74, 6) is -1.38. The van der Waals surface area contributed by atoms with E-state index < -0.39 is 5.97 Å². The van der Waals surface area contributed by atoms with Crippen molar-refractivity contribution in [1.82, 2.24) is 20.2 Å². The lowest BCUT2D eigenvalue weighted by Gasteiger charge is -1.80. The zero-order chi connectivity index (χ0) is 10.1. The fraction of sp³-hybridized carbons (Fsp3) is 0.143. The first-order valence-electron chi connectivity index (χ1n) is 3.73. The average Bonchev–Trinajstić information content (AvgIpc) is 2.70. The first-order valence-corrected chi connectivity index (χ1v) is 3.73. The molecule has 0 aliphatic heterocycles. The molecule has 0 amide bonds. The average molecular weight is 194 g/mol. The Morgan fingerprint density at radius 2 is 2.36 bits per heavy atom. The van der Waals surface area contributed by atoms with Crippen LogP contribution in [0.5, 0.6) is 0 Å². The minimum atomic E-state index is -1.16. The largest absolute Gasteiger partial charge is 0.475 e. The predicted molar refractivity (Wildman–Crippen MR) is 43.5 cm³/mol. The molecule has 2 heterocycles. The second kappa shape index (κ2) is 2.95. The quantitative estimate of drug-likeness (QED) is 0.732. The summed E-state index contributed by atoms with van der Waals surface area (Å²) in [6.45, 7) is 0. The van der Waals surface area contributed by atoms with Crippen molar-refractivity contribution in [1.29, 1.82) is 0 Å². The van der Waals surface area contributed by atoms with E-state index in [4.69, 9.17) is 5.11 Å². The molecule has 7 heteroatoms. The van der Waals surface area contributed by atoms with Gasteiger partial charge in [0.2, 0.25) is 5.76 Å². The van der Waals surface area contributed by atoms with E-state index in [1.54, 1.807) is 13.2 Å². The van der Waals surface area contributed by atoms with Crippen LogP contribution >= 0.6 is 0 Å². The van der Waals surface area contributed by atoms with Gasteiger partial charge in [0, 0.05) is 13.1 Å². The van der Waals surface area contributed by atoms with Crippen molar-refractivity contribution in [3.63, 3.8) is 0 Å². The fourth-order valence-electron chi connectivity index (χ4n) is 0.961. The number of carbonyl (C=O) groups is 1. The predicted octanol–water partition coefficient (Wildman–Crippen LogP) is 0.168. The molecular formula is C7H6N4O3. The second-order valence-corrected chi connectivity index (χ2v) is 2.66. The van der Waals surface area contributed by atoms with E-state index >= 15 is 0 Å². The van der Waals surface area contributed by atoms with Crippen LogP contribution in [-0.4, -0.2) is 31.2 Å². The van der Waals surface area contributed by atoms with Gasteiger partial charge in [-0.05, 0) is 0 Å². The Bertz CT molecular complexity index is 473. The second-order valence-electron chi connectivity index (χ2n) is 2.66. The summed E-state index contributed by atoms with van der Waals surface area (Å²) in [4.78, 5) is 10.5. The number of rotatable bonds is 2. The summed E-state index contributed by atoms with van der Waals surface area (Å²) in [6.07, 6.45) is 1.61. The molecule has 7 nitrogen and oxygen atoms in total. The lowest BCUT2D eigenvalue weighted by molar-refractivity contribution is 0.0652. The number of aromatic carboxylic acids is 1. The van der Waals surface area contributed by atoms with Gasteiger partial charge in [-0.1, -0.05) is 10.4 Å². The van der Waals surface area contributed by atoms with Crippen molar-refractivity contribution in [2.24, 2.45) is 7.05 Å². The Balaban J connectivity index is 2.38. The smallest absolute Gasteiger partial charge is 0.374 e. The van der Waals surface area contributed by atoms with Gasteiger partial charge in [-0.3, -0.25) is 4.68 Å². The third kappa shape index (κ3) is 1.35. The Labute approximate surface area is 77.9 Å². The van der Waals surface area contributed by atoms with Gasteiger partial charge in [0.05, 0.1) is 6.20 Å². The minimum absolute atomic E-state index is 0.217. The molecule has 1 N–H and O–H groups in total. The van der Waals surface area contributed by atoms with Gasteiger partial charge < -0.3 is 9.63 Å². The van der Waals surface area contributed by atoms with E-state index in [1.807, 2.05) is 0 Å². The van der Waals surface area contributed by atoms with Crippen molar-refractivity contribution in [2.45, 2.75) is 0 Å². The molecule has 0 radical (unpaired) electrons. The summed E-state index contributed by atoms with van der Waals surface area (Å²) in [5.41, 5.74) is 0.833. The highest BCUT2D eigenvalue weighted by atomic mass is 16.5. The fourth-order valence-corrected chi connectivity index (χ4v) is 0.961. The minimum Gasteiger partial charge on any atom is -0.475 e. The van der Waals surface area contributed by atoms with Crippen LogP contribution in [0.2, 0.25) is 0 Å². The molecule has 0 saturated carbocycles. The molecule has 0 bridgehead atoms. The molecule has 0 aromatic carbocycles. The molecule has 14 heavy (non-hydrogen) atoms. The summed E-state index contributed by atoms with van der Waals surface area (Å²) >= 11 is 0. The third-order valence-corrected chi connectivity index (χ3v) is 1.59. The van der Waals surface area contributed by atoms with Crippen molar-refractivity contribution < 1.29 is 14.4 Å². The Morgan fingerprint density at radius 3 is 2.86 bits per heavy atom. The summed E-state index contributed by atoms with van der Waals surface area (Å²) < 4.78 is 6.05. The van der Waals surface area contributed by atoms with Gasteiger partial charge in [0.25, 0.3) is 0 Å². The lowest BCUT2D eigenvalue weighted by atomic mass is 10.3. The highest BCUT2D eigenvalue weighted by Crippen LogP contribution is 2.15. The molecule has 0 aliphatic rings. The van der Waals surface area contributed by atoms with Gasteiger partial charge >= 0.3 is 5.97 Å². The zero-order valence-electron chi connectivity index (χ0n) is 7.21. The molecule has 0 atom stereocenters. The van der Waals surface area contributed by atoms with Crippen molar-refractivity contribution >= 4 is 5.97 Å². The van der Waals surface area contributed by atoms with E-state index in [0.29, 0.717) is 11.4 Å². The van der Waals surface area contributed by atoms with Gasteiger partial charge in [0.1, 0.15) is 11.4 Å². The van der Waals surface area contributed by atoms with Crippen LogP contribution in [0.4, 0.5) is 0 Å². The molecule has 0 aliphatic carbocycles. The van der Waals surface area contributed by atoms with Crippen molar-refractivity contribution in [2.75, 3.05) is 0 Å². The van der Waals surface area contributed by atoms with Crippen molar-refractivity contribution in [3.8, 4) is 11.4 Å². The maximum absolute atomic E-state index is 10.5. The number of carboxylic acid groups (broad SMARTS) is 1. The monoisotopic (exact) mass is 194 g/mol. The van der Waals surface area contributed by atoms with Crippen molar-refractivity contribution in [3.05, 3.63) is 18.0 Å². The van der Waals surface area contributed by atoms with Crippen LogP contribution in [-0.2, 0) is 7.05 Å². The Kier molecular flexibility index (Phi) is 1.77. The zero-order valence-corrected chi connectivity index (χ0v) is 7.21. The van der Waals surface area contributed by atoms with E-state index in [2.05, 4.69) is 20.0 Å². The first kappa shape index (κ1) is 8.42. The molecule has 0 unspecified atom stereocenters. The SMILES string of the molecule is Cn1cc(-c2cc(C(=O)O)on2)nn1. The summed E-state index contributed by atoms with van der Waals surface area (Å²) in [6, 6.07) is 1.30. The van der Waals surface area contributed by atoms with Crippen LogP contribution in [0.15, 0.2) is 16.8 Å². The number of hydrogen-bond acceptors (Lipinski definition) is 5. The Hall–Kier alpha value is -2.18. The number of aryl methyl sites for hydroxylation is 1. The molecule has 72 valence electrons. The van der Waals surface area contributed by atoms with E-state index in [0.717, 1.165) is 0 Å². The number of carboxylic acids is 1. The van der Waals surface area contributed by atoms with Gasteiger partial charge in [-0.2, -0.15) is 0 Å².